The summed E-state index contributed by atoms with van der Waals surface area (Å²) >= 11 is 0. The lowest BCUT2D eigenvalue weighted by Gasteiger charge is -2.27. The zero-order chi connectivity index (χ0) is 19.9. The Morgan fingerprint density at radius 2 is 1.79 bits per heavy atom. The van der Waals surface area contributed by atoms with Gasteiger partial charge in [-0.2, -0.15) is 0 Å². The highest BCUT2D eigenvalue weighted by atomic mass is 19.1. The first-order chi connectivity index (χ1) is 13.3. The van der Waals surface area contributed by atoms with Crippen molar-refractivity contribution in [3.63, 3.8) is 0 Å². The highest BCUT2D eigenvalue weighted by Crippen LogP contribution is 2.47. The molecule has 0 bridgehead atoms. The van der Waals surface area contributed by atoms with Crippen LogP contribution in [0, 0.1) is 5.82 Å². The number of nitrogens with zero attached hydrogens (tertiary/aromatic N) is 1. The van der Waals surface area contributed by atoms with Gasteiger partial charge in [0, 0.05) is 16.5 Å². The summed E-state index contributed by atoms with van der Waals surface area (Å²) in [4.78, 5) is 4.34. The van der Waals surface area contributed by atoms with E-state index in [0.29, 0.717) is 17.0 Å². The first-order valence-electron chi connectivity index (χ1n) is 9.16. The van der Waals surface area contributed by atoms with Gasteiger partial charge in [-0.3, -0.25) is 0 Å². The van der Waals surface area contributed by atoms with Gasteiger partial charge in [-0.05, 0) is 36.6 Å². The largest absolute Gasteiger partial charge is 0.507 e. The van der Waals surface area contributed by atoms with Gasteiger partial charge >= 0.3 is 0 Å². The van der Waals surface area contributed by atoms with E-state index in [1.807, 2.05) is 0 Å². The smallest absolute Gasteiger partial charge is 0.204 e. The number of aromatic hydroxyl groups is 1. The summed E-state index contributed by atoms with van der Waals surface area (Å²) in [5.74, 6) is -0.0253. The average Bonchev–Trinajstić information content (AvgIpc) is 3.33. The standard InChI is InChI=1S/C21H18B2FNO3/c22-21(23,27)18-12-28-19(25-18)20(9-3-4-10-20)13-7-8-16(24)15(11-13)14-5-1-2-6-17(14)26/h1-2,5-8,11-12,26-27H,3-4,9-10H2. The lowest BCUT2D eigenvalue weighted by molar-refractivity contribution is 0.211. The minimum Gasteiger partial charge on any atom is -0.507 e. The van der Waals surface area contributed by atoms with E-state index in [1.54, 1.807) is 30.3 Å². The maximum Gasteiger partial charge on any atom is 0.204 e. The monoisotopic (exact) mass is 373 g/mol. The Labute approximate surface area is 165 Å². The molecule has 0 atom stereocenters. The van der Waals surface area contributed by atoms with Crippen LogP contribution in [0.3, 0.4) is 0 Å². The van der Waals surface area contributed by atoms with Crippen LogP contribution in [-0.2, 0) is 10.8 Å². The van der Waals surface area contributed by atoms with E-state index in [4.69, 9.17) is 20.1 Å². The maximum absolute atomic E-state index is 14.6. The first kappa shape index (κ1) is 18.8. The Hall–Kier alpha value is -2.53. The van der Waals surface area contributed by atoms with E-state index in [-0.39, 0.29) is 11.4 Å². The fourth-order valence-electron chi connectivity index (χ4n) is 4.01. The lowest BCUT2D eigenvalue weighted by atomic mass is 9.64. The normalized spacial score (nSPS) is 16.4. The van der Waals surface area contributed by atoms with E-state index < -0.39 is 16.6 Å². The third-order valence-corrected chi connectivity index (χ3v) is 5.49. The molecule has 3 aromatic rings. The first-order valence-corrected chi connectivity index (χ1v) is 9.16. The number of halogens is 1. The van der Waals surface area contributed by atoms with Crippen LogP contribution in [0.5, 0.6) is 5.75 Å². The molecule has 138 valence electrons. The molecule has 28 heavy (non-hydrogen) atoms. The second-order valence-electron chi connectivity index (χ2n) is 7.36. The molecule has 4 rings (SSSR count). The molecule has 0 amide bonds. The van der Waals surface area contributed by atoms with Crippen molar-refractivity contribution in [3.8, 4) is 16.9 Å². The molecule has 1 aromatic heterocycles. The molecular weight excluding hydrogens is 355 g/mol. The minimum absolute atomic E-state index is 0.00811. The zero-order valence-corrected chi connectivity index (χ0v) is 15.2. The van der Waals surface area contributed by atoms with Gasteiger partial charge in [-0.25, -0.2) is 9.37 Å². The molecule has 4 nitrogen and oxygen atoms in total. The van der Waals surface area contributed by atoms with E-state index in [0.717, 1.165) is 31.2 Å². The molecule has 1 heterocycles. The minimum atomic E-state index is -2.09. The second-order valence-corrected chi connectivity index (χ2v) is 7.36. The van der Waals surface area contributed by atoms with Crippen LogP contribution < -0.4 is 0 Å². The van der Waals surface area contributed by atoms with Gasteiger partial charge in [-0.15, -0.1) is 0 Å². The van der Waals surface area contributed by atoms with Crippen molar-refractivity contribution in [2.24, 2.45) is 0 Å². The van der Waals surface area contributed by atoms with Crippen LogP contribution >= 0.6 is 0 Å². The van der Waals surface area contributed by atoms with Gasteiger partial charge in [0.05, 0.1) is 11.1 Å². The highest BCUT2D eigenvalue weighted by Gasteiger charge is 2.42. The number of para-hydroxylation sites is 1. The molecule has 0 spiro atoms. The number of aliphatic hydroxyl groups is 1. The summed E-state index contributed by atoms with van der Waals surface area (Å²) in [6.45, 7) is 0. The van der Waals surface area contributed by atoms with E-state index in [2.05, 4.69) is 4.98 Å². The van der Waals surface area contributed by atoms with E-state index >= 15 is 0 Å². The number of hydrogen-bond acceptors (Lipinski definition) is 4. The third-order valence-electron chi connectivity index (χ3n) is 5.49. The molecule has 0 aliphatic heterocycles. The summed E-state index contributed by atoms with van der Waals surface area (Å²) in [6.07, 6.45) is 4.68. The quantitative estimate of drug-likeness (QED) is 0.688. The molecule has 1 aliphatic carbocycles. The van der Waals surface area contributed by atoms with Gasteiger partial charge in [0.25, 0.3) is 0 Å². The summed E-state index contributed by atoms with van der Waals surface area (Å²) in [6, 6.07) is 11.5. The average molecular weight is 373 g/mol. The predicted molar refractivity (Wildman–Crippen MR) is 105 cm³/mol. The summed E-state index contributed by atoms with van der Waals surface area (Å²) < 4.78 is 20.3. The number of rotatable bonds is 4. The molecule has 1 aliphatic rings. The Morgan fingerprint density at radius 3 is 2.43 bits per heavy atom. The molecule has 1 fully saturated rings. The van der Waals surface area contributed by atoms with Crippen LogP contribution in [0.1, 0.15) is 42.8 Å². The molecule has 7 heteroatoms. The molecule has 4 radical (unpaired) electrons. The molecule has 0 saturated heterocycles. The Morgan fingerprint density at radius 1 is 1.07 bits per heavy atom. The van der Waals surface area contributed by atoms with Crippen molar-refractivity contribution in [1.29, 1.82) is 0 Å². The van der Waals surface area contributed by atoms with Crippen LogP contribution in [-0.4, -0.2) is 30.9 Å². The van der Waals surface area contributed by atoms with Gasteiger partial charge in [0.15, 0.2) is 0 Å². The number of phenolic OH excluding ortho intramolecular Hbond substituents is 1. The zero-order valence-electron chi connectivity index (χ0n) is 15.2. The fourth-order valence-corrected chi connectivity index (χ4v) is 4.01. The van der Waals surface area contributed by atoms with E-state index in [1.165, 1.54) is 18.4 Å². The second kappa shape index (κ2) is 6.82. The SMILES string of the molecule is [B]C([B])(O)c1coc(C2(c3ccc(F)c(-c4ccccc4O)c3)CCCC2)n1. The molecule has 2 N–H and O–H groups in total. The fraction of sp³-hybridized carbons (Fsp3) is 0.286. The van der Waals surface area contributed by atoms with Gasteiger partial charge < -0.3 is 14.6 Å². The van der Waals surface area contributed by atoms with Crippen LogP contribution in [0.25, 0.3) is 11.1 Å². The number of aromatic nitrogens is 1. The van der Waals surface area contributed by atoms with Gasteiger partial charge in [0.1, 0.15) is 33.5 Å². The van der Waals surface area contributed by atoms with Crippen LogP contribution in [0.4, 0.5) is 4.39 Å². The van der Waals surface area contributed by atoms with Gasteiger partial charge in [0.2, 0.25) is 5.89 Å². The van der Waals surface area contributed by atoms with Crippen molar-refractivity contribution in [2.75, 3.05) is 0 Å². The Bertz CT molecular complexity index is 1010. The number of phenols is 1. The maximum atomic E-state index is 14.6. The molecule has 1 saturated carbocycles. The highest BCUT2D eigenvalue weighted by molar-refractivity contribution is 6.38. The number of oxazole rings is 1. The van der Waals surface area contributed by atoms with Crippen LogP contribution in [0.2, 0.25) is 0 Å². The van der Waals surface area contributed by atoms with Crippen molar-refractivity contribution in [2.45, 2.75) is 36.5 Å². The number of benzene rings is 2. The Balaban J connectivity index is 1.85. The van der Waals surface area contributed by atoms with Crippen LogP contribution in [0.15, 0.2) is 53.1 Å². The summed E-state index contributed by atoms with van der Waals surface area (Å²) in [5, 5.41) is 17.9. The Kier molecular flexibility index (Phi) is 4.58. The third kappa shape index (κ3) is 3.14. The van der Waals surface area contributed by atoms with Gasteiger partial charge in [-0.1, -0.05) is 37.1 Å². The molecule has 0 unspecified atom stereocenters. The van der Waals surface area contributed by atoms with E-state index in [9.17, 15) is 14.6 Å². The lowest BCUT2D eigenvalue weighted by Crippen LogP contribution is -2.28. The number of hydrogen-bond donors (Lipinski definition) is 2. The van der Waals surface area contributed by atoms with Crippen molar-refractivity contribution >= 4 is 15.7 Å². The van der Waals surface area contributed by atoms with Crippen molar-refractivity contribution in [3.05, 3.63) is 71.7 Å². The molecule has 2 aromatic carbocycles. The molecular formula is C21H18B2FNO3. The summed E-state index contributed by atoms with van der Waals surface area (Å²) in [7, 11) is 11.0. The topological polar surface area (TPSA) is 66.5 Å². The predicted octanol–water partition coefficient (Wildman–Crippen LogP) is 3.49. The summed E-state index contributed by atoms with van der Waals surface area (Å²) in [5.41, 5.74) is 1.02. The van der Waals surface area contributed by atoms with Crippen molar-refractivity contribution < 1.29 is 19.0 Å². The van der Waals surface area contributed by atoms with Crippen molar-refractivity contribution in [1.82, 2.24) is 4.98 Å².